The lowest BCUT2D eigenvalue weighted by molar-refractivity contribution is -0.105. The quantitative estimate of drug-likeness (QED) is 0.466. The van der Waals surface area contributed by atoms with E-state index in [1.807, 2.05) is 6.08 Å². The van der Waals surface area contributed by atoms with Crippen molar-refractivity contribution < 1.29 is 4.79 Å². The number of nitrogens with zero attached hydrogens (tertiary/aromatic N) is 1. The molecule has 0 radical (unpaired) electrons. The van der Waals surface area contributed by atoms with Gasteiger partial charge in [-0.3, -0.25) is 4.79 Å². The molecule has 0 fully saturated rings. The van der Waals surface area contributed by atoms with E-state index in [-0.39, 0.29) is 0 Å². The highest BCUT2D eigenvalue weighted by atomic mass is 32.1. The molecule has 3 heteroatoms. The molecule has 0 N–H and O–H groups in total. The third-order valence-electron chi connectivity index (χ3n) is 1.79. The zero-order valence-corrected chi connectivity index (χ0v) is 9.14. The summed E-state index contributed by atoms with van der Waals surface area (Å²) in [5.41, 5.74) is 0.828. The second kappa shape index (κ2) is 8.05. The Morgan fingerprint density at radius 2 is 2.23 bits per heavy atom. The molecular weight excluding hydrogens is 182 g/mol. The van der Waals surface area contributed by atoms with Gasteiger partial charge in [0.05, 0.1) is 6.54 Å². The van der Waals surface area contributed by atoms with Gasteiger partial charge in [-0.05, 0) is 30.8 Å². The SMILES string of the molecule is CC(C)CC/C=C(/C=O)CCN=S. The fraction of sp³-hybridized carbons (Fsp3) is 0.700. The van der Waals surface area contributed by atoms with Crippen LogP contribution >= 0.6 is 0 Å². The van der Waals surface area contributed by atoms with E-state index in [2.05, 4.69) is 30.6 Å². The Kier molecular flexibility index (Phi) is 7.69. The van der Waals surface area contributed by atoms with E-state index in [0.29, 0.717) is 18.9 Å². The minimum Gasteiger partial charge on any atom is -0.298 e. The smallest absolute Gasteiger partial charge is 0.145 e. The lowest BCUT2D eigenvalue weighted by Crippen LogP contribution is -1.90. The van der Waals surface area contributed by atoms with Gasteiger partial charge in [0.15, 0.2) is 0 Å². The Balaban J connectivity index is 3.77. The van der Waals surface area contributed by atoms with E-state index in [9.17, 15) is 4.79 Å². The summed E-state index contributed by atoms with van der Waals surface area (Å²) >= 11 is 4.45. The Hall–Kier alpha value is -0.570. The van der Waals surface area contributed by atoms with Crippen LogP contribution in [0.25, 0.3) is 0 Å². The molecule has 0 aliphatic heterocycles. The first-order valence-electron chi connectivity index (χ1n) is 4.64. The first-order valence-corrected chi connectivity index (χ1v) is 5.00. The molecule has 13 heavy (non-hydrogen) atoms. The molecule has 0 aromatic carbocycles. The molecule has 0 heterocycles. The molecule has 0 amide bonds. The van der Waals surface area contributed by atoms with Crippen LogP contribution in [-0.4, -0.2) is 12.8 Å². The lowest BCUT2D eigenvalue weighted by atomic mass is 10.1. The fourth-order valence-corrected chi connectivity index (χ4v) is 1.08. The zero-order chi connectivity index (χ0) is 10.1. The molecule has 0 aromatic heterocycles. The van der Waals surface area contributed by atoms with Crippen molar-refractivity contribution in [2.45, 2.75) is 33.1 Å². The van der Waals surface area contributed by atoms with Crippen LogP contribution in [0.1, 0.15) is 33.1 Å². The molecule has 0 aromatic rings. The van der Waals surface area contributed by atoms with E-state index in [1.165, 1.54) is 0 Å². The number of hydrogen-bond acceptors (Lipinski definition) is 3. The van der Waals surface area contributed by atoms with E-state index < -0.39 is 0 Å². The standard InChI is InChI=1S/C10H17NOS/c1-9(2)4-3-5-10(8-12)6-7-11-13/h5,8-9H,3-4,6-7H2,1-2H3/b10-5+. The Labute approximate surface area is 85.6 Å². The van der Waals surface area contributed by atoms with Gasteiger partial charge in [-0.15, -0.1) is 0 Å². The third-order valence-corrected chi connectivity index (χ3v) is 1.98. The van der Waals surface area contributed by atoms with E-state index in [0.717, 1.165) is 24.7 Å². The van der Waals surface area contributed by atoms with Gasteiger partial charge in [0, 0.05) is 12.4 Å². The van der Waals surface area contributed by atoms with E-state index >= 15 is 0 Å². The maximum Gasteiger partial charge on any atom is 0.145 e. The van der Waals surface area contributed by atoms with Crippen molar-refractivity contribution in [3.63, 3.8) is 0 Å². The molecule has 0 rings (SSSR count). The van der Waals surface area contributed by atoms with Crippen molar-refractivity contribution in [3.8, 4) is 0 Å². The highest BCUT2D eigenvalue weighted by molar-refractivity contribution is 7.47. The number of aldehydes is 1. The first-order chi connectivity index (χ1) is 6.20. The molecule has 2 nitrogen and oxygen atoms in total. The fourth-order valence-electron chi connectivity index (χ4n) is 0.986. The predicted molar refractivity (Wildman–Crippen MR) is 57.5 cm³/mol. The summed E-state index contributed by atoms with van der Waals surface area (Å²) in [6.45, 7) is 4.92. The summed E-state index contributed by atoms with van der Waals surface area (Å²) in [6.07, 6.45) is 5.69. The molecule has 0 unspecified atom stereocenters. The zero-order valence-electron chi connectivity index (χ0n) is 8.32. The highest BCUT2D eigenvalue weighted by Crippen LogP contribution is 2.07. The van der Waals surface area contributed by atoms with Crippen molar-refractivity contribution in [1.82, 2.24) is 0 Å². The minimum atomic E-state index is 0.571. The number of rotatable bonds is 7. The van der Waals surface area contributed by atoms with Crippen LogP contribution in [0.4, 0.5) is 0 Å². The summed E-state index contributed by atoms with van der Waals surface area (Å²) < 4.78 is 3.55. The second-order valence-corrected chi connectivity index (χ2v) is 3.73. The topological polar surface area (TPSA) is 29.4 Å². The maximum absolute atomic E-state index is 10.5. The van der Waals surface area contributed by atoms with Gasteiger partial charge >= 0.3 is 0 Å². The van der Waals surface area contributed by atoms with Crippen LogP contribution < -0.4 is 0 Å². The largest absolute Gasteiger partial charge is 0.298 e. The molecule has 74 valence electrons. The Bertz CT molecular complexity index is 187. The van der Waals surface area contributed by atoms with Crippen molar-refractivity contribution in [1.29, 1.82) is 0 Å². The normalized spacial score (nSPS) is 11.8. The van der Waals surface area contributed by atoms with Gasteiger partial charge in [-0.2, -0.15) is 0 Å². The summed E-state index contributed by atoms with van der Waals surface area (Å²) in [7, 11) is 0. The summed E-state index contributed by atoms with van der Waals surface area (Å²) in [4.78, 5) is 10.5. The Morgan fingerprint density at radius 1 is 1.54 bits per heavy atom. The number of hydrogen-bond donors (Lipinski definition) is 0. The molecule has 0 saturated heterocycles. The molecule has 0 bridgehead atoms. The molecule has 0 aliphatic carbocycles. The monoisotopic (exact) mass is 199 g/mol. The average Bonchev–Trinajstić information content (AvgIpc) is 2.10. The molecule has 0 spiro atoms. The van der Waals surface area contributed by atoms with Gasteiger partial charge < -0.3 is 0 Å². The first kappa shape index (κ1) is 12.4. The van der Waals surface area contributed by atoms with Crippen LogP contribution in [0.2, 0.25) is 0 Å². The van der Waals surface area contributed by atoms with Gasteiger partial charge in [0.25, 0.3) is 0 Å². The van der Waals surface area contributed by atoms with Crippen molar-refractivity contribution in [2.75, 3.05) is 6.54 Å². The van der Waals surface area contributed by atoms with Crippen LogP contribution in [-0.2, 0) is 17.2 Å². The molecular formula is C10H17NOS. The van der Waals surface area contributed by atoms with Crippen LogP contribution in [0.3, 0.4) is 0 Å². The number of carbonyl (C=O) groups is 1. The summed E-state index contributed by atoms with van der Waals surface area (Å²) in [6, 6.07) is 0. The average molecular weight is 199 g/mol. The molecule has 0 aliphatic rings. The maximum atomic E-state index is 10.5. The molecule has 0 saturated carbocycles. The van der Waals surface area contributed by atoms with Crippen molar-refractivity contribution in [2.24, 2.45) is 10.3 Å². The van der Waals surface area contributed by atoms with Crippen molar-refractivity contribution >= 4 is 18.7 Å². The summed E-state index contributed by atoms with van der Waals surface area (Å²) in [5, 5.41) is 0. The van der Waals surface area contributed by atoms with Gasteiger partial charge in [-0.25, -0.2) is 4.36 Å². The third kappa shape index (κ3) is 7.78. The lowest BCUT2D eigenvalue weighted by Gasteiger charge is -2.00. The van der Waals surface area contributed by atoms with Gasteiger partial charge in [0.2, 0.25) is 0 Å². The number of carbonyl (C=O) groups excluding carboxylic acids is 1. The predicted octanol–water partition coefficient (Wildman–Crippen LogP) is 2.67. The van der Waals surface area contributed by atoms with Gasteiger partial charge in [0.1, 0.15) is 6.29 Å². The number of allylic oxidation sites excluding steroid dienone is 1. The van der Waals surface area contributed by atoms with E-state index in [1.54, 1.807) is 0 Å². The van der Waals surface area contributed by atoms with Crippen LogP contribution in [0, 0.1) is 5.92 Å². The van der Waals surface area contributed by atoms with E-state index in [4.69, 9.17) is 0 Å². The summed E-state index contributed by atoms with van der Waals surface area (Å²) in [5.74, 6) is 0.688. The van der Waals surface area contributed by atoms with Crippen LogP contribution in [0.5, 0.6) is 0 Å². The second-order valence-electron chi connectivity index (χ2n) is 3.47. The van der Waals surface area contributed by atoms with Crippen molar-refractivity contribution in [3.05, 3.63) is 11.6 Å². The van der Waals surface area contributed by atoms with Gasteiger partial charge in [-0.1, -0.05) is 19.9 Å². The Morgan fingerprint density at radius 3 is 2.69 bits per heavy atom. The highest BCUT2D eigenvalue weighted by Gasteiger charge is 1.95. The minimum absolute atomic E-state index is 0.571. The van der Waals surface area contributed by atoms with Crippen LogP contribution in [0.15, 0.2) is 16.0 Å². The molecule has 0 atom stereocenters.